The SMILES string of the molecule is C=N/C=C(/C)C=N.Cc1ccc(-c2cc(F)c(C(F)(F)Oc3cc(F)c(-c4ccc(OC(F)(F)F)c(F)c4)c(F)c3)c(F)c2)c(F)c1. The zero-order valence-corrected chi connectivity index (χ0v) is 24.1. The van der Waals surface area contributed by atoms with E-state index in [-0.39, 0.29) is 17.7 Å². The Hall–Kier alpha value is -5.21. The second kappa shape index (κ2) is 14.5. The van der Waals surface area contributed by atoms with Crippen LogP contribution in [0.5, 0.6) is 11.5 Å². The Bertz CT molecular complexity index is 1790. The number of nitrogens with one attached hydrogen (secondary N) is 1. The number of aliphatic imine (C=N–C) groups is 1. The second-order valence-corrected chi connectivity index (χ2v) is 9.57. The molecule has 0 radical (unpaired) electrons. The van der Waals surface area contributed by atoms with Crippen molar-refractivity contribution in [3.63, 3.8) is 0 Å². The van der Waals surface area contributed by atoms with E-state index < -0.39 is 81.1 Å². The Morgan fingerprint density at radius 3 is 1.77 bits per heavy atom. The summed E-state index contributed by atoms with van der Waals surface area (Å²) in [5, 5.41) is 6.63. The molecular formula is C32H21F11N2O2. The number of halogens is 11. The molecule has 0 amide bonds. The molecule has 4 rings (SSSR count). The van der Waals surface area contributed by atoms with E-state index in [0.29, 0.717) is 35.9 Å². The number of hydrogen-bond acceptors (Lipinski definition) is 4. The highest BCUT2D eigenvalue weighted by Gasteiger charge is 2.42. The predicted octanol–water partition coefficient (Wildman–Crippen LogP) is 10.4. The number of allylic oxidation sites excluding steroid dienone is 1. The Labute approximate surface area is 259 Å². The second-order valence-electron chi connectivity index (χ2n) is 9.57. The van der Waals surface area contributed by atoms with E-state index in [9.17, 15) is 48.3 Å². The summed E-state index contributed by atoms with van der Waals surface area (Å²) in [7, 11) is 0. The number of nitrogens with zero attached hydrogens (tertiary/aromatic N) is 1. The van der Waals surface area contributed by atoms with Crippen LogP contribution in [0.3, 0.4) is 0 Å². The molecule has 0 saturated carbocycles. The van der Waals surface area contributed by atoms with Gasteiger partial charge in [-0.2, -0.15) is 8.78 Å². The van der Waals surface area contributed by atoms with E-state index in [1.807, 2.05) is 0 Å². The van der Waals surface area contributed by atoms with Crippen molar-refractivity contribution in [1.29, 1.82) is 5.41 Å². The molecule has 4 nitrogen and oxygen atoms in total. The molecule has 0 saturated heterocycles. The van der Waals surface area contributed by atoms with Crippen LogP contribution in [-0.2, 0) is 6.11 Å². The fraction of sp³-hybridized carbons (Fsp3) is 0.125. The van der Waals surface area contributed by atoms with Crippen LogP contribution < -0.4 is 9.47 Å². The van der Waals surface area contributed by atoms with E-state index in [0.717, 1.165) is 11.6 Å². The van der Waals surface area contributed by atoms with Gasteiger partial charge in [-0.1, -0.05) is 18.2 Å². The van der Waals surface area contributed by atoms with E-state index >= 15 is 0 Å². The van der Waals surface area contributed by atoms with Crippen LogP contribution in [-0.4, -0.2) is 19.3 Å². The molecule has 4 aromatic rings. The van der Waals surface area contributed by atoms with Crippen molar-refractivity contribution in [2.45, 2.75) is 26.3 Å². The van der Waals surface area contributed by atoms with Crippen molar-refractivity contribution in [1.82, 2.24) is 0 Å². The smallest absolute Gasteiger partial charge is 0.429 e. The molecule has 15 heteroatoms. The van der Waals surface area contributed by atoms with Gasteiger partial charge in [0.25, 0.3) is 0 Å². The Balaban J connectivity index is 0.000000771. The number of ether oxygens (including phenoxy) is 2. The molecule has 1 N–H and O–H groups in total. The summed E-state index contributed by atoms with van der Waals surface area (Å²) in [5.41, 5.74) is -2.99. The standard InChI is InChI=1S/C27H13F11O2.C5H8N2/c1-12-2-4-16(17(28)6-12)14-8-21(32)25(22(33)9-14)26(34,35)39-15-10-19(30)24(20(31)11-15)13-3-5-23(18(29)7-13)40-27(36,37)38;1-5(3-6)4-7-2/h2-11H,1H3;3-4,6H,2H2,1H3/b;5-4-,6-3?. The highest BCUT2D eigenvalue weighted by atomic mass is 19.4. The predicted molar refractivity (Wildman–Crippen MR) is 152 cm³/mol. The molecule has 0 atom stereocenters. The van der Waals surface area contributed by atoms with Gasteiger partial charge in [0.05, 0.1) is 5.56 Å². The summed E-state index contributed by atoms with van der Waals surface area (Å²) in [4.78, 5) is 3.44. The molecule has 0 aromatic heterocycles. The highest BCUT2D eigenvalue weighted by molar-refractivity contribution is 5.74. The largest absolute Gasteiger partial charge is 0.573 e. The zero-order chi connectivity index (χ0) is 35.3. The van der Waals surface area contributed by atoms with Gasteiger partial charge < -0.3 is 14.9 Å². The maximum absolute atomic E-state index is 14.8. The first-order valence-corrected chi connectivity index (χ1v) is 12.9. The van der Waals surface area contributed by atoms with Crippen molar-refractivity contribution in [2.24, 2.45) is 4.99 Å². The molecule has 248 valence electrons. The van der Waals surface area contributed by atoms with E-state index in [1.54, 1.807) is 13.8 Å². The third-order valence-electron chi connectivity index (χ3n) is 6.00. The lowest BCUT2D eigenvalue weighted by Crippen LogP contribution is -2.25. The number of benzene rings is 4. The fourth-order valence-corrected chi connectivity index (χ4v) is 3.99. The van der Waals surface area contributed by atoms with Gasteiger partial charge >= 0.3 is 12.5 Å². The minimum absolute atomic E-state index is 0.191. The summed E-state index contributed by atoms with van der Waals surface area (Å²) in [6, 6.07) is 6.31. The average Bonchev–Trinajstić information content (AvgIpc) is 2.93. The number of hydrogen-bond donors (Lipinski definition) is 1. The topological polar surface area (TPSA) is 54.7 Å². The van der Waals surface area contributed by atoms with Crippen LogP contribution >= 0.6 is 0 Å². The molecule has 0 heterocycles. The minimum Gasteiger partial charge on any atom is -0.429 e. The fourth-order valence-electron chi connectivity index (χ4n) is 3.99. The summed E-state index contributed by atoms with van der Waals surface area (Å²) in [6.07, 6.45) is -7.32. The van der Waals surface area contributed by atoms with Gasteiger partial charge in [0.1, 0.15) is 40.4 Å². The van der Waals surface area contributed by atoms with Gasteiger partial charge in [0, 0.05) is 30.1 Å². The van der Waals surface area contributed by atoms with Gasteiger partial charge in [-0.05, 0) is 73.2 Å². The van der Waals surface area contributed by atoms with Crippen LogP contribution in [0.25, 0.3) is 22.3 Å². The molecule has 0 aliphatic rings. The molecule has 47 heavy (non-hydrogen) atoms. The molecule has 0 fully saturated rings. The van der Waals surface area contributed by atoms with Crippen molar-refractivity contribution < 1.29 is 57.8 Å². The normalized spacial score (nSPS) is 11.8. The Morgan fingerprint density at radius 2 is 1.30 bits per heavy atom. The maximum atomic E-state index is 14.8. The number of aryl methyl sites for hydroxylation is 1. The molecular weight excluding hydrogens is 653 g/mol. The van der Waals surface area contributed by atoms with Gasteiger partial charge in [-0.25, -0.2) is 26.3 Å². The van der Waals surface area contributed by atoms with Crippen molar-refractivity contribution in [3.05, 3.63) is 118 Å². The van der Waals surface area contributed by atoms with Gasteiger partial charge in [0.2, 0.25) is 0 Å². The first-order valence-electron chi connectivity index (χ1n) is 12.9. The van der Waals surface area contributed by atoms with Crippen molar-refractivity contribution in [2.75, 3.05) is 0 Å². The van der Waals surface area contributed by atoms with Gasteiger partial charge in [0.15, 0.2) is 11.6 Å². The summed E-state index contributed by atoms with van der Waals surface area (Å²) in [5.74, 6) is -12.0. The number of rotatable bonds is 8. The lowest BCUT2D eigenvalue weighted by atomic mass is 10.0. The molecule has 0 spiro atoms. The van der Waals surface area contributed by atoms with Crippen LogP contribution in [0.1, 0.15) is 18.1 Å². The van der Waals surface area contributed by atoms with Gasteiger partial charge in [-0.15, -0.1) is 13.2 Å². The van der Waals surface area contributed by atoms with Crippen LogP contribution in [0.15, 0.2) is 77.4 Å². The quantitative estimate of drug-likeness (QED) is 0.149. The van der Waals surface area contributed by atoms with E-state index in [1.165, 1.54) is 24.5 Å². The molecule has 0 unspecified atom stereocenters. The molecule has 4 aromatic carbocycles. The average molecular weight is 675 g/mol. The van der Waals surface area contributed by atoms with Crippen molar-refractivity contribution in [3.8, 4) is 33.8 Å². The minimum atomic E-state index is -5.25. The van der Waals surface area contributed by atoms with Crippen molar-refractivity contribution >= 4 is 12.9 Å². The monoisotopic (exact) mass is 674 g/mol. The molecule has 0 aliphatic carbocycles. The summed E-state index contributed by atoms with van der Waals surface area (Å²) >= 11 is 0. The first kappa shape index (κ1) is 36.3. The summed E-state index contributed by atoms with van der Waals surface area (Å²) < 4.78 is 161. The molecule has 0 bridgehead atoms. The van der Waals surface area contributed by atoms with Crippen LogP contribution in [0, 0.1) is 47.2 Å². The zero-order valence-electron chi connectivity index (χ0n) is 24.1. The number of alkyl halides is 5. The Morgan fingerprint density at radius 1 is 0.723 bits per heavy atom. The molecule has 0 aliphatic heterocycles. The first-order chi connectivity index (χ1) is 21.9. The van der Waals surface area contributed by atoms with Crippen LogP contribution in [0.2, 0.25) is 0 Å². The maximum Gasteiger partial charge on any atom is 0.573 e. The summed E-state index contributed by atoms with van der Waals surface area (Å²) in [6.45, 7) is 6.56. The third-order valence-corrected chi connectivity index (χ3v) is 6.00. The third kappa shape index (κ3) is 9.17. The van der Waals surface area contributed by atoms with E-state index in [4.69, 9.17) is 5.41 Å². The lowest BCUT2D eigenvalue weighted by Gasteiger charge is -2.20. The van der Waals surface area contributed by atoms with Crippen LogP contribution in [0.4, 0.5) is 48.3 Å². The van der Waals surface area contributed by atoms with Gasteiger partial charge in [-0.3, -0.25) is 4.99 Å². The Kier molecular flexibility index (Phi) is 11.2. The lowest BCUT2D eigenvalue weighted by molar-refractivity contribution is -0.275. The highest BCUT2D eigenvalue weighted by Crippen LogP contribution is 2.40. The van der Waals surface area contributed by atoms with E-state index in [2.05, 4.69) is 21.2 Å².